The van der Waals surface area contributed by atoms with E-state index in [0.29, 0.717) is 18.1 Å². The van der Waals surface area contributed by atoms with Crippen LogP contribution in [0.3, 0.4) is 0 Å². The maximum absolute atomic E-state index is 5.91. The monoisotopic (exact) mass is 383 g/mol. The van der Waals surface area contributed by atoms with Gasteiger partial charge in [0, 0.05) is 24.6 Å². The number of hydrogen-bond acceptors (Lipinski definition) is 2. The van der Waals surface area contributed by atoms with Gasteiger partial charge in [-0.2, -0.15) is 0 Å². The van der Waals surface area contributed by atoms with E-state index in [9.17, 15) is 0 Å². The van der Waals surface area contributed by atoms with Crippen LogP contribution in [0, 0.1) is 5.41 Å². The summed E-state index contributed by atoms with van der Waals surface area (Å²) in [7, 11) is 0. The summed E-state index contributed by atoms with van der Waals surface area (Å²) in [4.78, 5) is 4.27. The van der Waals surface area contributed by atoms with Crippen LogP contribution in [-0.2, 0) is 4.74 Å². The molecule has 0 heterocycles. The molecule has 114 valence electrons. The molecule has 0 aromatic rings. The minimum absolute atomic E-state index is 0. The summed E-state index contributed by atoms with van der Waals surface area (Å²) < 4.78 is 5.91. The van der Waals surface area contributed by atoms with E-state index in [1.807, 2.05) is 0 Å². The Labute approximate surface area is 135 Å². The number of nitrogens with zero attached hydrogens (tertiary/aromatic N) is 1. The van der Waals surface area contributed by atoms with Crippen LogP contribution in [0.5, 0.6) is 0 Å². The predicted molar refractivity (Wildman–Crippen MR) is 92.2 cm³/mol. The highest BCUT2D eigenvalue weighted by atomic mass is 127. The van der Waals surface area contributed by atoms with Crippen LogP contribution in [0.2, 0.25) is 0 Å². The van der Waals surface area contributed by atoms with Gasteiger partial charge in [-0.25, -0.2) is 0 Å². The average Bonchev–Trinajstić information content (AvgIpc) is 2.34. The van der Waals surface area contributed by atoms with Crippen molar-refractivity contribution in [2.45, 2.75) is 65.5 Å². The lowest BCUT2D eigenvalue weighted by molar-refractivity contribution is -0.113. The summed E-state index contributed by atoms with van der Waals surface area (Å²) in [6.45, 7) is 10.4. The van der Waals surface area contributed by atoms with Crippen LogP contribution >= 0.6 is 24.0 Å². The van der Waals surface area contributed by atoms with Crippen molar-refractivity contribution < 1.29 is 4.74 Å². The van der Waals surface area contributed by atoms with Gasteiger partial charge in [0.1, 0.15) is 0 Å². The summed E-state index contributed by atoms with van der Waals surface area (Å²) in [5.74, 6) is 0.571. The van der Waals surface area contributed by atoms with Crippen molar-refractivity contribution in [3.63, 3.8) is 0 Å². The highest BCUT2D eigenvalue weighted by Crippen LogP contribution is 2.42. The normalized spacial score (nSPS) is 25.4. The number of aliphatic imine (C=N–C) groups is 1. The number of rotatable bonds is 7. The van der Waals surface area contributed by atoms with Gasteiger partial charge in [0.05, 0.1) is 6.10 Å². The van der Waals surface area contributed by atoms with E-state index in [-0.39, 0.29) is 29.4 Å². The van der Waals surface area contributed by atoms with Crippen LogP contribution in [0.25, 0.3) is 0 Å². The zero-order valence-corrected chi connectivity index (χ0v) is 15.1. The van der Waals surface area contributed by atoms with Gasteiger partial charge < -0.3 is 15.8 Å². The molecule has 0 aliphatic heterocycles. The van der Waals surface area contributed by atoms with Gasteiger partial charge in [0.15, 0.2) is 5.96 Å². The Morgan fingerprint density at radius 3 is 2.58 bits per heavy atom. The molecule has 0 spiro atoms. The molecule has 0 radical (unpaired) electrons. The minimum Gasteiger partial charge on any atom is -0.378 e. The van der Waals surface area contributed by atoms with Crippen LogP contribution in [-0.4, -0.2) is 31.3 Å². The Bertz CT molecular complexity index is 282. The Hall–Kier alpha value is -0.0400. The fourth-order valence-corrected chi connectivity index (χ4v) is 2.24. The molecular weight excluding hydrogens is 353 g/mol. The first-order valence-corrected chi connectivity index (χ1v) is 7.20. The van der Waals surface area contributed by atoms with E-state index in [2.05, 4.69) is 38.0 Å². The number of guanidine groups is 1. The summed E-state index contributed by atoms with van der Waals surface area (Å²) in [6, 6.07) is 0.379. The Kier molecular flexibility index (Phi) is 8.98. The van der Waals surface area contributed by atoms with Crippen molar-refractivity contribution in [1.82, 2.24) is 5.32 Å². The molecule has 4 nitrogen and oxygen atoms in total. The Balaban J connectivity index is 0.00000324. The number of hydrogen-bond donors (Lipinski definition) is 2. The zero-order valence-electron chi connectivity index (χ0n) is 12.7. The largest absolute Gasteiger partial charge is 0.378 e. The SMILES string of the molecule is CCCCOC1CC(NC(N)=NCCC)C1(C)C.I. The first-order chi connectivity index (χ1) is 8.52. The molecule has 0 bridgehead atoms. The second-order valence-corrected chi connectivity index (χ2v) is 5.73. The van der Waals surface area contributed by atoms with Crippen molar-refractivity contribution in [1.29, 1.82) is 0 Å². The lowest BCUT2D eigenvalue weighted by atomic mass is 9.64. The predicted octanol–water partition coefficient (Wildman–Crippen LogP) is 2.90. The van der Waals surface area contributed by atoms with Crippen molar-refractivity contribution >= 4 is 29.9 Å². The van der Waals surface area contributed by atoms with E-state index in [1.165, 1.54) is 6.42 Å². The molecule has 1 saturated carbocycles. The zero-order chi connectivity index (χ0) is 13.6. The van der Waals surface area contributed by atoms with Crippen molar-refractivity contribution in [2.24, 2.45) is 16.1 Å². The van der Waals surface area contributed by atoms with E-state index in [1.54, 1.807) is 0 Å². The molecule has 5 heteroatoms. The molecule has 0 amide bonds. The number of unbranched alkanes of at least 4 members (excludes halogenated alkanes) is 1. The standard InChI is InChI=1S/C14H29N3O.HI/c1-5-7-9-18-12-10-11(14(12,3)4)17-13(15)16-8-6-2;/h11-12H,5-10H2,1-4H3,(H3,15,16,17);1H. The molecular formula is C14H30IN3O. The number of nitrogens with one attached hydrogen (secondary N) is 1. The number of nitrogens with two attached hydrogens (primary N) is 1. The van der Waals surface area contributed by atoms with Crippen LogP contribution in [0.4, 0.5) is 0 Å². The van der Waals surface area contributed by atoms with Crippen LogP contribution < -0.4 is 11.1 Å². The second kappa shape index (κ2) is 9.00. The number of halogens is 1. The molecule has 1 aliphatic rings. The lowest BCUT2D eigenvalue weighted by Crippen LogP contribution is -2.63. The Morgan fingerprint density at radius 2 is 2.05 bits per heavy atom. The van der Waals surface area contributed by atoms with Gasteiger partial charge in [0.25, 0.3) is 0 Å². The summed E-state index contributed by atoms with van der Waals surface area (Å²) in [5, 5.41) is 3.31. The van der Waals surface area contributed by atoms with E-state index in [0.717, 1.165) is 32.4 Å². The van der Waals surface area contributed by atoms with Crippen LogP contribution in [0.1, 0.15) is 53.4 Å². The maximum Gasteiger partial charge on any atom is 0.188 e. The fourth-order valence-electron chi connectivity index (χ4n) is 2.24. The van der Waals surface area contributed by atoms with Crippen molar-refractivity contribution in [3.05, 3.63) is 0 Å². The quantitative estimate of drug-likeness (QED) is 0.308. The highest BCUT2D eigenvalue weighted by Gasteiger charge is 2.49. The lowest BCUT2D eigenvalue weighted by Gasteiger charge is -2.51. The van der Waals surface area contributed by atoms with Gasteiger partial charge >= 0.3 is 0 Å². The summed E-state index contributed by atoms with van der Waals surface area (Å²) in [5.41, 5.74) is 6.00. The van der Waals surface area contributed by atoms with Crippen molar-refractivity contribution in [3.8, 4) is 0 Å². The smallest absolute Gasteiger partial charge is 0.188 e. The average molecular weight is 383 g/mol. The molecule has 0 aromatic heterocycles. The number of ether oxygens (including phenoxy) is 1. The third-order valence-corrected chi connectivity index (χ3v) is 3.82. The van der Waals surface area contributed by atoms with E-state index in [4.69, 9.17) is 10.5 Å². The van der Waals surface area contributed by atoms with Gasteiger partial charge in [-0.15, -0.1) is 24.0 Å². The third-order valence-electron chi connectivity index (χ3n) is 3.82. The third kappa shape index (κ3) is 5.45. The van der Waals surface area contributed by atoms with Crippen molar-refractivity contribution in [2.75, 3.05) is 13.2 Å². The van der Waals surface area contributed by atoms with Crippen LogP contribution in [0.15, 0.2) is 4.99 Å². The van der Waals surface area contributed by atoms with E-state index >= 15 is 0 Å². The molecule has 2 unspecified atom stereocenters. The second-order valence-electron chi connectivity index (χ2n) is 5.73. The molecule has 0 aromatic carbocycles. The molecule has 1 aliphatic carbocycles. The fraction of sp³-hybridized carbons (Fsp3) is 0.929. The minimum atomic E-state index is 0. The molecule has 2 atom stereocenters. The molecule has 0 saturated heterocycles. The van der Waals surface area contributed by atoms with Gasteiger partial charge in [-0.3, -0.25) is 4.99 Å². The molecule has 1 fully saturated rings. The summed E-state index contributed by atoms with van der Waals surface area (Å²) >= 11 is 0. The maximum atomic E-state index is 5.91. The first kappa shape index (κ1) is 19.0. The first-order valence-electron chi connectivity index (χ1n) is 7.20. The van der Waals surface area contributed by atoms with Gasteiger partial charge in [-0.1, -0.05) is 34.1 Å². The topological polar surface area (TPSA) is 59.6 Å². The Morgan fingerprint density at radius 1 is 1.37 bits per heavy atom. The highest BCUT2D eigenvalue weighted by molar-refractivity contribution is 14.0. The van der Waals surface area contributed by atoms with E-state index < -0.39 is 0 Å². The summed E-state index contributed by atoms with van der Waals surface area (Å²) in [6.07, 6.45) is 4.73. The molecule has 3 N–H and O–H groups in total. The van der Waals surface area contributed by atoms with Gasteiger partial charge in [0.2, 0.25) is 0 Å². The molecule has 1 rings (SSSR count). The molecule has 19 heavy (non-hydrogen) atoms. The van der Waals surface area contributed by atoms with Gasteiger partial charge in [-0.05, 0) is 19.3 Å².